The van der Waals surface area contributed by atoms with Crippen LogP contribution in [-0.4, -0.2) is 18.2 Å². The average Bonchev–Trinajstić information content (AvgIpc) is 2.47. The number of hydrogen-bond acceptors (Lipinski definition) is 4. The molecule has 100 valence electrons. The maximum absolute atomic E-state index is 10.9. The van der Waals surface area contributed by atoms with Crippen LogP contribution < -0.4 is 4.74 Å². The largest absolute Gasteiger partial charge is 0.497 e. The number of methoxy groups -OCH3 is 1. The van der Waals surface area contributed by atoms with E-state index in [1.54, 1.807) is 19.2 Å². The Morgan fingerprint density at radius 2 is 1.85 bits per heavy atom. The van der Waals surface area contributed by atoms with Gasteiger partial charge in [0.2, 0.25) is 0 Å². The van der Waals surface area contributed by atoms with Gasteiger partial charge in [-0.15, -0.1) is 0 Å². The quantitative estimate of drug-likeness (QED) is 0.932. The monoisotopic (exact) mass is 285 g/mol. The van der Waals surface area contributed by atoms with E-state index in [2.05, 4.69) is 0 Å². The molecule has 0 heterocycles. The lowest BCUT2D eigenvalue weighted by atomic mass is 10.1. The number of nitrogens with zero attached hydrogens (tertiary/aromatic N) is 1. The third-order valence-corrected chi connectivity index (χ3v) is 3.63. The molecule has 0 aromatic heterocycles. The van der Waals surface area contributed by atoms with Crippen LogP contribution in [0.1, 0.15) is 15.9 Å². The molecule has 0 amide bonds. The van der Waals surface area contributed by atoms with Gasteiger partial charge in [0.15, 0.2) is 0 Å². The summed E-state index contributed by atoms with van der Waals surface area (Å²) in [6, 6.07) is 14.1. The third kappa shape index (κ3) is 3.11. The zero-order chi connectivity index (χ0) is 14.5. The van der Waals surface area contributed by atoms with Crippen molar-refractivity contribution in [2.45, 2.75) is 9.79 Å². The number of nitriles is 1. The van der Waals surface area contributed by atoms with Gasteiger partial charge in [-0.05, 0) is 42.5 Å². The molecule has 0 aliphatic rings. The minimum atomic E-state index is -1.09. The van der Waals surface area contributed by atoms with E-state index in [1.165, 1.54) is 17.8 Å². The topological polar surface area (TPSA) is 70.3 Å². The molecule has 2 aromatic carbocycles. The summed E-state index contributed by atoms with van der Waals surface area (Å²) in [5.74, 6) is -0.323. The van der Waals surface area contributed by atoms with Crippen LogP contribution in [0.5, 0.6) is 5.75 Å². The number of carboxylic acids is 1. The van der Waals surface area contributed by atoms with Gasteiger partial charge < -0.3 is 9.84 Å². The summed E-state index contributed by atoms with van der Waals surface area (Å²) in [5.41, 5.74) is 0.183. The molecule has 0 radical (unpaired) electrons. The molecule has 0 aliphatic heterocycles. The van der Waals surface area contributed by atoms with E-state index >= 15 is 0 Å². The molecule has 4 nitrogen and oxygen atoms in total. The van der Waals surface area contributed by atoms with E-state index in [0.717, 1.165) is 15.5 Å². The summed E-state index contributed by atoms with van der Waals surface area (Å²) in [6.45, 7) is 0. The Bertz CT molecular complexity index is 675. The molecule has 2 aromatic rings. The van der Waals surface area contributed by atoms with Gasteiger partial charge in [0.25, 0.3) is 0 Å². The highest BCUT2D eigenvalue weighted by atomic mass is 32.2. The van der Waals surface area contributed by atoms with Crippen LogP contribution in [0, 0.1) is 11.3 Å². The highest BCUT2D eigenvalue weighted by molar-refractivity contribution is 7.99. The van der Waals surface area contributed by atoms with Gasteiger partial charge in [0, 0.05) is 9.79 Å². The Morgan fingerprint density at radius 3 is 2.40 bits per heavy atom. The first-order chi connectivity index (χ1) is 9.63. The van der Waals surface area contributed by atoms with Gasteiger partial charge in [-0.25, -0.2) is 4.79 Å². The van der Waals surface area contributed by atoms with Crippen molar-refractivity contribution >= 4 is 17.7 Å². The van der Waals surface area contributed by atoms with Gasteiger partial charge in [-0.3, -0.25) is 0 Å². The minimum Gasteiger partial charge on any atom is -0.497 e. The van der Waals surface area contributed by atoms with Crippen molar-refractivity contribution in [2.24, 2.45) is 0 Å². The number of carbonyl (C=O) groups is 1. The Hall–Kier alpha value is -2.45. The minimum absolute atomic E-state index is 0.0200. The molecule has 2 rings (SSSR count). The Balaban J connectivity index is 2.25. The lowest BCUT2D eigenvalue weighted by Gasteiger charge is -2.05. The summed E-state index contributed by atoms with van der Waals surface area (Å²) >= 11 is 1.46. The number of hydrogen-bond donors (Lipinski definition) is 1. The molecule has 5 heteroatoms. The van der Waals surface area contributed by atoms with E-state index in [1.807, 2.05) is 30.3 Å². The molecule has 0 saturated carbocycles. The third-order valence-electron chi connectivity index (χ3n) is 2.64. The van der Waals surface area contributed by atoms with Crippen LogP contribution in [0.3, 0.4) is 0 Å². The highest BCUT2D eigenvalue weighted by Crippen LogP contribution is 2.30. The molecular formula is C15H11NO3S. The molecular weight excluding hydrogens is 274 g/mol. The smallest absolute Gasteiger partial charge is 0.337 e. The van der Waals surface area contributed by atoms with Crippen molar-refractivity contribution in [3.63, 3.8) is 0 Å². The van der Waals surface area contributed by atoms with Crippen molar-refractivity contribution in [3.8, 4) is 11.8 Å². The van der Waals surface area contributed by atoms with Crippen molar-refractivity contribution in [1.29, 1.82) is 5.26 Å². The lowest BCUT2D eigenvalue weighted by molar-refractivity contribution is 0.0696. The fourth-order valence-electron chi connectivity index (χ4n) is 1.65. The van der Waals surface area contributed by atoms with Crippen LogP contribution in [-0.2, 0) is 0 Å². The SMILES string of the molecule is COc1ccc(Sc2ccc(C(=O)O)c(C#N)c2)cc1. The predicted octanol–water partition coefficient (Wildman–Crippen LogP) is 3.42. The average molecular weight is 285 g/mol. The zero-order valence-electron chi connectivity index (χ0n) is 10.7. The van der Waals surface area contributed by atoms with Crippen molar-refractivity contribution in [3.05, 3.63) is 53.6 Å². The fourth-order valence-corrected chi connectivity index (χ4v) is 2.50. The van der Waals surface area contributed by atoms with Gasteiger partial charge in [-0.1, -0.05) is 11.8 Å². The Kier molecular flexibility index (Phi) is 4.28. The summed E-state index contributed by atoms with van der Waals surface area (Å²) in [4.78, 5) is 12.7. The molecule has 20 heavy (non-hydrogen) atoms. The van der Waals surface area contributed by atoms with Crippen molar-refractivity contribution < 1.29 is 14.6 Å². The number of ether oxygens (including phenoxy) is 1. The molecule has 0 unspecified atom stereocenters. The van der Waals surface area contributed by atoms with E-state index < -0.39 is 5.97 Å². The Morgan fingerprint density at radius 1 is 1.20 bits per heavy atom. The van der Waals surface area contributed by atoms with E-state index in [9.17, 15) is 4.79 Å². The summed E-state index contributed by atoms with van der Waals surface area (Å²) in [7, 11) is 1.60. The zero-order valence-corrected chi connectivity index (χ0v) is 11.5. The van der Waals surface area contributed by atoms with E-state index in [0.29, 0.717) is 0 Å². The molecule has 0 bridgehead atoms. The maximum Gasteiger partial charge on any atom is 0.337 e. The Labute approximate surface area is 120 Å². The van der Waals surface area contributed by atoms with Gasteiger partial charge >= 0.3 is 5.97 Å². The van der Waals surface area contributed by atoms with Crippen molar-refractivity contribution in [1.82, 2.24) is 0 Å². The molecule has 0 saturated heterocycles. The second kappa shape index (κ2) is 6.13. The van der Waals surface area contributed by atoms with E-state index in [4.69, 9.17) is 15.1 Å². The highest BCUT2D eigenvalue weighted by Gasteiger charge is 2.10. The molecule has 0 aliphatic carbocycles. The van der Waals surface area contributed by atoms with Crippen molar-refractivity contribution in [2.75, 3.05) is 7.11 Å². The number of benzene rings is 2. The van der Waals surface area contributed by atoms with Gasteiger partial charge in [0.05, 0.1) is 18.2 Å². The summed E-state index contributed by atoms with van der Waals surface area (Å²) in [5, 5.41) is 18.0. The second-order valence-electron chi connectivity index (χ2n) is 3.90. The first-order valence-corrected chi connectivity index (χ1v) is 6.55. The van der Waals surface area contributed by atoms with Crippen LogP contribution in [0.4, 0.5) is 0 Å². The number of rotatable bonds is 4. The first-order valence-electron chi connectivity index (χ1n) is 5.73. The van der Waals surface area contributed by atoms with Crippen LogP contribution in [0.15, 0.2) is 52.3 Å². The maximum atomic E-state index is 10.9. The standard InChI is InChI=1S/C15H11NO3S/c1-19-11-2-4-12(5-3-11)20-13-6-7-14(15(17)18)10(8-13)9-16/h2-8H,1H3,(H,17,18). The summed E-state index contributed by atoms with van der Waals surface area (Å²) in [6.07, 6.45) is 0. The summed E-state index contributed by atoms with van der Waals surface area (Å²) < 4.78 is 5.08. The molecule has 0 fully saturated rings. The first kappa shape index (κ1) is 14.0. The second-order valence-corrected chi connectivity index (χ2v) is 5.05. The van der Waals surface area contributed by atoms with Crippen LogP contribution in [0.2, 0.25) is 0 Å². The van der Waals surface area contributed by atoms with Gasteiger partial charge in [-0.2, -0.15) is 5.26 Å². The molecule has 0 atom stereocenters. The predicted molar refractivity (Wildman–Crippen MR) is 75.2 cm³/mol. The lowest BCUT2D eigenvalue weighted by Crippen LogP contribution is -1.99. The molecule has 0 spiro atoms. The van der Waals surface area contributed by atoms with Crippen LogP contribution >= 0.6 is 11.8 Å². The van der Waals surface area contributed by atoms with Crippen LogP contribution in [0.25, 0.3) is 0 Å². The normalized spacial score (nSPS) is 9.80. The number of carboxylic acid groups (broad SMARTS) is 1. The van der Waals surface area contributed by atoms with E-state index in [-0.39, 0.29) is 11.1 Å². The fraction of sp³-hybridized carbons (Fsp3) is 0.0667. The number of aromatic carboxylic acids is 1. The molecule has 1 N–H and O–H groups in total. The van der Waals surface area contributed by atoms with Gasteiger partial charge in [0.1, 0.15) is 11.8 Å².